The number of carbonyl (C=O) groups is 1. The highest BCUT2D eigenvalue weighted by Gasteiger charge is 2.40. The summed E-state index contributed by atoms with van der Waals surface area (Å²) in [6.45, 7) is 4.98. The Kier molecular flexibility index (Phi) is 5.05. The fourth-order valence-corrected chi connectivity index (χ4v) is 3.59. The van der Waals surface area contributed by atoms with Crippen molar-refractivity contribution in [2.24, 2.45) is 0 Å². The Morgan fingerprint density at radius 3 is 2.52 bits per heavy atom. The highest BCUT2D eigenvalue weighted by Crippen LogP contribution is 2.32. The van der Waals surface area contributed by atoms with Crippen molar-refractivity contribution in [1.29, 1.82) is 0 Å². The van der Waals surface area contributed by atoms with Gasteiger partial charge >= 0.3 is 0 Å². The molecule has 7 nitrogen and oxygen atoms in total. The molecule has 7 heteroatoms. The summed E-state index contributed by atoms with van der Waals surface area (Å²) in [6.07, 6.45) is 1.97. The smallest absolute Gasteiger partial charge is 0.230 e. The molecular weight excluding hydrogens is 344 g/mol. The molecule has 0 radical (unpaired) electrons. The van der Waals surface area contributed by atoms with Crippen molar-refractivity contribution < 1.29 is 14.3 Å². The van der Waals surface area contributed by atoms with Crippen LogP contribution in [0.2, 0.25) is 0 Å². The van der Waals surface area contributed by atoms with Crippen molar-refractivity contribution in [3.63, 3.8) is 0 Å². The van der Waals surface area contributed by atoms with Crippen LogP contribution in [0.5, 0.6) is 0 Å². The maximum Gasteiger partial charge on any atom is 0.230 e. The van der Waals surface area contributed by atoms with E-state index in [-0.39, 0.29) is 5.91 Å². The molecule has 1 aromatic heterocycles. The predicted molar refractivity (Wildman–Crippen MR) is 102 cm³/mol. The number of piperidine rings is 1. The average molecular weight is 368 g/mol. The van der Waals surface area contributed by atoms with Gasteiger partial charge in [-0.3, -0.25) is 4.79 Å². The molecule has 2 aromatic rings. The summed E-state index contributed by atoms with van der Waals surface area (Å²) in [4.78, 5) is 14.4. The van der Waals surface area contributed by atoms with Crippen molar-refractivity contribution >= 4 is 17.5 Å². The van der Waals surface area contributed by atoms with Crippen LogP contribution in [0.3, 0.4) is 0 Å². The Morgan fingerprint density at radius 1 is 1.11 bits per heavy atom. The lowest BCUT2D eigenvalue weighted by molar-refractivity contribution is -0.169. The first-order valence-electron chi connectivity index (χ1n) is 9.35. The summed E-state index contributed by atoms with van der Waals surface area (Å²) in [5.41, 5.74) is 2.12. The fraction of sp³-hybridized carbons (Fsp3) is 0.450. The standard InChI is InChI=1S/C20H24N4O3/c1-15-4-2-3-5-16(15)14-19(25)21-17-6-7-18(23-22-17)24-10-8-20(9-11-24)26-12-13-27-20/h2-7H,8-14H2,1H3,(H,21,22,25). The van der Waals surface area contributed by atoms with E-state index in [0.717, 1.165) is 42.9 Å². The minimum Gasteiger partial charge on any atom is -0.355 e. The van der Waals surface area contributed by atoms with Crippen LogP contribution in [0.4, 0.5) is 11.6 Å². The number of amides is 1. The van der Waals surface area contributed by atoms with E-state index in [0.29, 0.717) is 25.5 Å². The molecule has 3 heterocycles. The lowest BCUT2D eigenvalue weighted by Crippen LogP contribution is -2.45. The molecule has 2 fully saturated rings. The molecule has 0 saturated carbocycles. The van der Waals surface area contributed by atoms with E-state index >= 15 is 0 Å². The highest BCUT2D eigenvalue weighted by atomic mass is 16.7. The zero-order valence-electron chi connectivity index (χ0n) is 15.5. The molecule has 0 bridgehead atoms. The van der Waals surface area contributed by atoms with Gasteiger partial charge in [0.2, 0.25) is 5.91 Å². The molecule has 0 aliphatic carbocycles. The van der Waals surface area contributed by atoms with Crippen LogP contribution in [-0.4, -0.2) is 48.2 Å². The number of hydrogen-bond donors (Lipinski definition) is 1. The zero-order chi connectivity index (χ0) is 18.7. The lowest BCUT2D eigenvalue weighted by atomic mass is 10.0. The van der Waals surface area contributed by atoms with Crippen molar-refractivity contribution in [2.45, 2.75) is 32.0 Å². The number of carbonyl (C=O) groups excluding carboxylic acids is 1. The van der Waals surface area contributed by atoms with E-state index in [1.165, 1.54) is 0 Å². The molecule has 2 aliphatic heterocycles. The van der Waals surface area contributed by atoms with Crippen LogP contribution in [0.1, 0.15) is 24.0 Å². The molecule has 1 amide bonds. The highest BCUT2D eigenvalue weighted by molar-refractivity contribution is 5.91. The summed E-state index contributed by atoms with van der Waals surface area (Å²) < 4.78 is 11.5. The Bertz CT molecular complexity index is 793. The van der Waals surface area contributed by atoms with E-state index in [4.69, 9.17) is 9.47 Å². The second-order valence-electron chi connectivity index (χ2n) is 7.02. The first-order valence-corrected chi connectivity index (χ1v) is 9.35. The number of nitrogens with one attached hydrogen (secondary N) is 1. The number of hydrogen-bond acceptors (Lipinski definition) is 6. The van der Waals surface area contributed by atoms with E-state index in [1.807, 2.05) is 37.3 Å². The van der Waals surface area contributed by atoms with E-state index in [1.54, 1.807) is 6.07 Å². The molecular formula is C20H24N4O3. The number of anilines is 2. The number of aromatic nitrogens is 2. The second kappa shape index (κ2) is 7.62. The van der Waals surface area contributed by atoms with Crippen LogP contribution in [0.25, 0.3) is 0 Å². The first-order chi connectivity index (χ1) is 13.1. The van der Waals surface area contributed by atoms with Gasteiger partial charge in [-0.1, -0.05) is 24.3 Å². The summed E-state index contributed by atoms with van der Waals surface area (Å²) >= 11 is 0. The van der Waals surface area contributed by atoms with Crippen molar-refractivity contribution in [3.8, 4) is 0 Å². The van der Waals surface area contributed by atoms with Crippen molar-refractivity contribution in [1.82, 2.24) is 10.2 Å². The van der Waals surface area contributed by atoms with Gasteiger partial charge in [-0.15, -0.1) is 10.2 Å². The number of benzene rings is 1. The van der Waals surface area contributed by atoms with Crippen LogP contribution in [0, 0.1) is 6.92 Å². The number of nitrogens with zero attached hydrogens (tertiary/aromatic N) is 3. The van der Waals surface area contributed by atoms with Gasteiger partial charge in [0.25, 0.3) is 0 Å². The van der Waals surface area contributed by atoms with Crippen LogP contribution in [-0.2, 0) is 20.7 Å². The molecule has 4 rings (SSSR count). The quantitative estimate of drug-likeness (QED) is 0.892. The van der Waals surface area contributed by atoms with Crippen LogP contribution < -0.4 is 10.2 Å². The topological polar surface area (TPSA) is 76.6 Å². The lowest BCUT2D eigenvalue weighted by Gasteiger charge is -2.37. The van der Waals surface area contributed by atoms with Crippen LogP contribution in [0.15, 0.2) is 36.4 Å². The predicted octanol–water partition coefficient (Wildman–Crippen LogP) is 2.31. The molecule has 0 unspecified atom stereocenters. The van der Waals surface area contributed by atoms with Gasteiger partial charge < -0.3 is 19.7 Å². The van der Waals surface area contributed by atoms with E-state index in [9.17, 15) is 4.79 Å². The second-order valence-corrected chi connectivity index (χ2v) is 7.02. The van der Waals surface area contributed by atoms with Crippen molar-refractivity contribution in [3.05, 3.63) is 47.5 Å². The maximum absolute atomic E-state index is 12.2. The van der Waals surface area contributed by atoms with Gasteiger partial charge in [-0.25, -0.2) is 0 Å². The normalized spacial score (nSPS) is 18.6. The first kappa shape index (κ1) is 17.9. The Labute approximate surface area is 158 Å². The fourth-order valence-electron chi connectivity index (χ4n) is 3.59. The zero-order valence-corrected chi connectivity index (χ0v) is 15.5. The number of aryl methyl sites for hydroxylation is 1. The van der Waals surface area contributed by atoms with Gasteiger partial charge in [0, 0.05) is 25.9 Å². The molecule has 0 atom stereocenters. The third-order valence-corrected chi connectivity index (χ3v) is 5.19. The van der Waals surface area contributed by atoms with Crippen molar-refractivity contribution in [2.75, 3.05) is 36.5 Å². The summed E-state index contributed by atoms with van der Waals surface area (Å²) in [5.74, 6) is 0.780. The molecule has 1 N–H and O–H groups in total. The SMILES string of the molecule is Cc1ccccc1CC(=O)Nc1ccc(N2CCC3(CC2)OCCO3)nn1. The largest absolute Gasteiger partial charge is 0.355 e. The van der Waals surface area contributed by atoms with E-state index < -0.39 is 5.79 Å². The van der Waals surface area contributed by atoms with E-state index in [2.05, 4.69) is 20.4 Å². The Morgan fingerprint density at radius 2 is 1.85 bits per heavy atom. The maximum atomic E-state index is 12.2. The summed E-state index contributed by atoms with van der Waals surface area (Å²) in [7, 11) is 0. The van der Waals surface area contributed by atoms with Gasteiger partial charge in [-0.2, -0.15) is 0 Å². The minimum absolute atomic E-state index is 0.0956. The number of ether oxygens (including phenoxy) is 2. The molecule has 1 aromatic carbocycles. The van der Waals surface area contributed by atoms with Gasteiger partial charge in [0.05, 0.1) is 19.6 Å². The molecule has 142 valence electrons. The van der Waals surface area contributed by atoms with Gasteiger partial charge in [-0.05, 0) is 30.2 Å². The third-order valence-electron chi connectivity index (χ3n) is 5.19. The summed E-state index contributed by atoms with van der Waals surface area (Å²) in [6, 6.07) is 11.6. The van der Waals surface area contributed by atoms with Gasteiger partial charge in [0.15, 0.2) is 17.4 Å². The Balaban J connectivity index is 1.32. The molecule has 2 aliphatic rings. The molecule has 2 saturated heterocycles. The summed E-state index contributed by atoms with van der Waals surface area (Å²) in [5, 5.41) is 11.3. The molecule has 1 spiro atoms. The average Bonchev–Trinajstić information content (AvgIpc) is 3.13. The molecule has 27 heavy (non-hydrogen) atoms. The Hall–Kier alpha value is -2.51. The van der Waals surface area contributed by atoms with Crippen LogP contribution >= 0.6 is 0 Å². The minimum atomic E-state index is -0.395. The van der Waals surface area contributed by atoms with Gasteiger partial charge in [0.1, 0.15) is 0 Å². The number of rotatable bonds is 4. The third kappa shape index (κ3) is 4.09. The monoisotopic (exact) mass is 368 g/mol.